The van der Waals surface area contributed by atoms with Crippen molar-refractivity contribution in [2.24, 2.45) is 0 Å². The first-order valence-electron chi connectivity index (χ1n) is 27.3. The van der Waals surface area contributed by atoms with Crippen LogP contribution in [0.5, 0.6) is 23.0 Å². The number of fused-ring (bicyclic) bond motifs is 2. The van der Waals surface area contributed by atoms with Gasteiger partial charge in [-0.1, -0.05) is 257 Å². The van der Waals surface area contributed by atoms with Crippen LogP contribution in [0.1, 0.15) is 259 Å². The molecule has 3 rings (SSSR count). The minimum atomic E-state index is 0.703. The molecule has 0 aliphatic heterocycles. The zero-order chi connectivity index (χ0) is 44.0. The fourth-order valence-corrected chi connectivity index (χ4v) is 9.07. The third-order valence-electron chi connectivity index (χ3n) is 13.0. The molecule has 0 atom stereocenters. The van der Waals surface area contributed by atoms with Crippen LogP contribution in [0.15, 0.2) is 36.4 Å². The standard InChI is InChI=1S/C58H98O4/c1-5-9-13-17-21-25-29-33-39-47-59-53-45-46-54(60-48-40-34-30-26-22-18-14-10-6-2)56-55(53)57(61-49-41-35-31-27-23-19-15-11-7-3)51-43-37-38-44-52(51)58(56)62-50-42-36-32-28-24-20-16-12-8-4/h37-38,43-46H,5-36,39-42,47-50H2,1-4H3. The summed E-state index contributed by atoms with van der Waals surface area (Å²) in [6.45, 7) is 12.0. The Hall–Kier alpha value is -2.62. The monoisotopic (exact) mass is 859 g/mol. The molecule has 0 spiro atoms. The van der Waals surface area contributed by atoms with Gasteiger partial charge in [0.1, 0.15) is 23.0 Å². The number of hydrogen-bond acceptors (Lipinski definition) is 4. The van der Waals surface area contributed by atoms with Gasteiger partial charge in [-0.05, 0) is 37.8 Å². The van der Waals surface area contributed by atoms with Crippen LogP contribution < -0.4 is 18.9 Å². The van der Waals surface area contributed by atoms with Gasteiger partial charge >= 0.3 is 0 Å². The van der Waals surface area contributed by atoms with Gasteiger partial charge in [0.15, 0.2) is 0 Å². The summed E-state index contributed by atoms with van der Waals surface area (Å²) in [5.74, 6) is 3.66. The summed E-state index contributed by atoms with van der Waals surface area (Å²) < 4.78 is 27.5. The van der Waals surface area contributed by atoms with E-state index in [-0.39, 0.29) is 0 Å². The Morgan fingerprint density at radius 1 is 0.258 bits per heavy atom. The molecule has 4 heteroatoms. The molecular formula is C58H98O4. The zero-order valence-corrected chi connectivity index (χ0v) is 41.4. The predicted octanol–water partition coefficient (Wildman–Crippen LogP) is 19.6. The highest BCUT2D eigenvalue weighted by Gasteiger charge is 2.23. The molecule has 0 bridgehead atoms. The minimum absolute atomic E-state index is 0.703. The van der Waals surface area contributed by atoms with E-state index in [9.17, 15) is 0 Å². The zero-order valence-electron chi connectivity index (χ0n) is 41.4. The van der Waals surface area contributed by atoms with Crippen molar-refractivity contribution in [2.75, 3.05) is 26.4 Å². The number of ether oxygens (including phenoxy) is 4. The lowest BCUT2D eigenvalue weighted by Crippen LogP contribution is -2.06. The van der Waals surface area contributed by atoms with E-state index in [1.54, 1.807) is 0 Å². The largest absolute Gasteiger partial charge is 0.493 e. The van der Waals surface area contributed by atoms with E-state index < -0.39 is 0 Å². The number of rotatable bonds is 44. The summed E-state index contributed by atoms with van der Waals surface area (Å²) in [6.07, 6.45) is 46.8. The molecule has 4 nitrogen and oxygen atoms in total. The van der Waals surface area contributed by atoms with E-state index in [0.29, 0.717) is 26.4 Å². The molecule has 0 unspecified atom stereocenters. The molecule has 354 valence electrons. The molecule has 0 saturated carbocycles. The van der Waals surface area contributed by atoms with Crippen molar-refractivity contribution in [2.45, 2.75) is 259 Å². The highest BCUT2D eigenvalue weighted by atomic mass is 16.5. The summed E-state index contributed by atoms with van der Waals surface area (Å²) in [5.41, 5.74) is 0. The van der Waals surface area contributed by atoms with Crippen molar-refractivity contribution in [1.82, 2.24) is 0 Å². The van der Waals surface area contributed by atoms with E-state index in [0.717, 1.165) is 70.2 Å². The maximum absolute atomic E-state index is 6.96. The molecule has 3 aromatic carbocycles. The Morgan fingerprint density at radius 2 is 0.484 bits per heavy atom. The SMILES string of the molecule is CCCCCCCCCCCOc1ccc(OCCCCCCCCCCC)c2c(OCCCCCCCCCCC)c3ccccc3c(OCCCCCCCCCCC)c12. The molecule has 0 saturated heterocycles. The molecule has 3 aromatic rings. The third-order valence-corrected chi connectivity index (χ3v) is 13.0. The average Bonchev–Trinajstić information content (AvgIpc) is 3.29. The van der Waals surface area contributed by atoms with Gasteiger partial charge < -0.3 is 18.9 Å². The van der Waals surface area contributed by atoms with Gasteiger partial charge in [-0.2, -0.15) is 0 Å². The summed E-state index contributed by atoms with van der Waals surface area (Å²) in [6, 6.07) is 13.1. The second-order valence-electron chi connectivity index (χ2n) is 18.7. The van der Waals surface area contributed by atoms with E-state index in [2.05, 4.69) is 64.1 Å². The van der Waals surface area contributed by atoms with Crippen LogP contribution in [-0.2, 0) is 0 Å². The smallest absolute Gasteiger partial charge is 0.139 e. The maximum Gasteiger partial charge on any atom is 0.139 e. The van der Waals surface area contributed by atoms with Gasteiger partial charge in [-0.15, -0.1) is 0 Å². The summed E-state index contributed by atoms with van der Waals surface area (Å²) >= 11 is 0. The van der Waals surface area contributed by atoms with Gasteiger partial charge in [0.2, 0.25) is 0 Å². The van der Waals surface area contributed by atoms with E-state index in [1.807, 2.05) is 0 Å². The second-order valence-corrected chi connectivity index (χ2v) is 18.7. The first kappa shape index (κ1) is 53.7. The fourth-order valence-electron chi connectivity index (χ4n) is 9.07. The molecule has 0 amide bonds. The van der Waals surface area contributed by atoms with Gasteiger partial charge in [0.25, 0.3) is 0 Å². The van der Waals surface area contributed by atoms with Gasteiger partial charge in [0.05, 0.1) is 37.2 Å². The van der Waals surface area contributed by atoms with Crippen LogP contribution in [0.2, 0.25) is 0 Å². The van der Waals surface area contributed by atoms with E-state index >= 15 is 0 Å². The quantitative estimate of drug-likeness (QED) is 0.0419. The van der Waals surface area contributed by atoms with Crippen molar-refractivity contribution in [1.29, 1.82) is 0 Å². The van der Waals surface area contributed by atoms with Crippen molar-refractivity contribution >= 4 is 21.5 Å². The first-order valence-corrected chi connectivity index (χ1v) is 27.3. The minimum Gasteiger partial charge on any atom is -0.493 e. The fraction of sp³-hybridized carbons (Fsp3) is 0.759. The van der Waals surface area contributed by atoms with Crippen LogP contribution in [0, 0.1) is 0 Å². The van der Waals surface area contributed by atoms with Crippen LogP contribution >= 0.6 is 0 Å². The van der Waals surface area contributed by atoms with Crippen molar-refractivity contribution in [3.05, 3.63) is 36.4 Å². The highest BCUT2D eigenvalue weighted by molar-refractivity contribution is 6.15. The Morgan fingerprint density at radius 3 is 0.742 bits per heavy atom. The lowest BCUT2D eigenvalue weighted by atomic mass is 9.98. The van der Waals surface area contributed by atoms with Crippen molar-refractivity contribution in [3.8, 4) is 23.0 Å². The van der Waals surface area contributed by atoms with Crippen LogP contribution in [0.3, 0.4) is 0 Å². The average molecular weight is 859 g/mol. The first-order chi connectivity index (χ1) is 30.8. The molecule has 0 aromatic heterocycles. The van der Waals surface area contributed by atoms with Gasteiger partial charge in [-0.25, -0.2) is 0 Å². The molecular weight excluding hydrogens is 761 g/mol. The Kier molecular flexibility index (Phi) is 32.7. The molecule has 0 radical (unpaired) electrons. The number of hydrogen-bond donors (Lipinski definition) is 0. The molecule has 0 fully saturated rings. The van der Waals surface area contributed by atoms with Crippen LogP contribution in [0.25, 0.3) is 21.5 Å². The number of benzene rings is 3. The van der Waals surface area contributed by atoms with E-state index in [1.165, 1.54) is 205 Å². The predicted molar refractivity (Wildman–Crippen MR) is 272 cm³/mol. The Bertz CT molecular complexity index is 1370. The van der Waals surface area contributed by atoms with Crippen LogP contribution in [0.4, 0.5) is 0 Å². The van der Waals surface area contributed by atoms with Crippen molar-refractivity contribution < 1.29 is 18.9 Å². The summed E-state index contributed by atoms with van der Waals surface area (Å²) in [5, 5.41) is 4.29. The molecule has 0 N–H and O–H groups in total. The third kappa shape index (κ3) is 22.8. The number of unbranched alkanes of at least 4 members (excludes halogenated alkanes) is 32. The Labute approximate surface area is 383 Å². The van der Waals surface area contributed by atoms with Crippen molar-refractivity contribution in [3.63, 3.8) is 0 Å². The highest BCUT2D eigenvalue weighted by Crippen LogP contribution is 2.50. The summed E-state index contributed by atoms with van der Waals surface area (Å²) in [4.78, 5) is 0. The normalized spacial score (nSPS) is 11.5. The molecule has 0 heterocycles. The second kappa shape index (κ2) is 37.7. The molecule has 62 heavy (non-hydrogen) atoms. The lowest BCUT2D eigenvalue weighted by Gasteiger charge is -2.22. The molecule has 0 aliphatic rings. The topological polar surface area (TPSA) is 36.9 Å². The maximum atomic E-state index is 6.96. The molecule has 0 aliphatic carbocycles. The van der Waals surface area contributed by atoms with E-state index in [4.69, 9.17) is 18.9 Å². The summed E-state index contributed by atoms with van der Waals surface area (Å²) in [7, 11) is 0. The Balaban J connectivity index is 1.84. The van der Waals surface area contributed by atoms with Gasteiger partial charge in [0, 0.05) is 10.8 Å². The lowest BCUT2D eigenvalue weighted by molar-refractivity contribution is 0.290. The van der Waals surface area contributed by atoms with Gasteiger partial charge in [-0.3, -0.25) is 0 Å². The van der Waals surface area contributed by atoms with Crippen LogP contribution in [-0.4, -0.2) is 26.4 Å².